The number of aliphatic hydroxyl groups is 1. The first-order valence-electron chi connectivity index (χ1n) is 6.69. The highest BCUT2D eigenvalue weighted by Crippen LogP contribution is 2.18. The van der Waals surface area contributed by atoms with E-state index in [2.05, 4.69) is 34.7 Å². The van der Waals surface area contributed by atoms with E-state index in [1.54, 1.807) is 10.9 Å². The second-order valence-electron chi connectivity index (χ2n) is 4.82. The lowest BCUT2D eigenvalue weighted by Gasteiger charge is -2.13. The van der Waals surface area contributed by atoms with Gasteiger partial charge in [0.1, 0.15) is 0 Å². The fraction of sp³-hybridized carbons (Fsp3) is 0.188. The number of hydrogen-bond acceptors (Lipinski definition) is 3. The Morgan fingerprint density at radius 2 is 1.95 bits per heavy atom. The first-order chi connectivity index (χ1) is 9.81. The molecule has 0 saturated carbocycles. The predicted molar refractivity (Wildman–Crippen MR) is 80.7 cm³/mol. The summed E-state index contributed by atoms with van der Waals surface area (Å²) in [5.41, 5.74) is 1.02. The minimum atomic E-state index is -0.471. The Morgan fingerprint density at radius 3 is 2.75 bits per heavy atom. The Hall–Kier alpha value is -2.33. The van der Waals surface area contributed by atoms with Crippen LogP contribution in [0.3, 0.4) is 0 Å². The van der Waals surface area contributed by atoms with Crippen LogP contribution in [0.1, 0.15) is 0 Å². The minimum Gasteiger partial charge on any atom is -0.389 e. The molecule has 1 unspecified atom stereocenters. The molecule has 3 rings (SSSR count). The van der Waals surface area contributed by atoms with Crippen molar-refractivity contribution >= 4 is 16.5 Å². The van der Waals surface area contributed by atoms with Crippen molar-refractivity contribution in [3.63, 3.8) is 0 Å². The van der Waals surface area contributed by atoms with E-state index in [1.807, 2.05) is 30.5 Å². The molecular weight excluding hydrogens is 250 g/mol. The molecule has 0 aliphatic heterocycles. The normalized spacial score (nSPS) is 12.4. The second-order valence-corrected chi connectivity index (χ2v) is 4.82. The van der Waals surface area contributed by atoms with Gasteiger partial charge in [-0.1, -0.05) is 30.3 Å². The number of hydrogen-bond donors (Lipinski definition) is 2. The zero-order valence-corrected chi connectivity index (χ0v) is 11.1. The van der Waals surface area contributed by atoms with Crippen molar-refractivity contribution in [2.24, 2.45) is 0 Å². The molecule has 0 aliphatic rings. The number of aromatic nitrogens is 2. The van der Waals surface area contributed by atoms with Gasteiger partial charge in [-0.2, -0.15) is 5.10 Å². The highest BCUT2D eigenvalue weighted by molar-refractivity contribution is 5.85. The minimum absolute atomic E-state index is 0.471. The third kappa shape index (κ3) is 2.97. The van der Waals surface area contributed by atoms with Crippen molar-refractivity contribution in [2.75, 3.05) is 11.9 Å². The van der Waals surface area contributed by atoms with E-state index >= 15 is 0 Å². The Balaban J connectivity index is 1.61. The molecule has 0 bridgehead atoms. The summed E-state index contributed by atoms with van der Waals surface area (Å²) in [7, 11) is 0. The molecule has 0 radical (unpaired) electrons. The van der Waals surface area contributed by atoms with Gasteiger partial charge in [0.25, 0.3) is 0 Å². The van der Waals surface area contributed by atoms with Crippen LogP contribution in [0, 0.1) is 0 Å². The summed E-state index contributed by atoms with van der Waals surface area (Å²) in [5, 5.41) is 19.7. The number of benzene rings is 2. The van der Waals surface area contributed by atoms with Gasteiger partial charge in [-0.15, -0.1) is 0 Å². The standard InChI is InChI=1S/C16H17N3O/c20-16(12-19-9-3-8-18-19)11-17-15-7-6-13-4-1-2-5-14(13)10-15/h1-10,16-17,20H,11-12H2. The number of fused-ring (bicyclic) bond motifs is 1. The average Bonchev–Trinajstić information content (AvgIpc) is 2.98. The van der Waals surface area contributed by atoms with Gasteiger partial charge in [-0.05, 0) is 29.0 Å². The molecule has 0 amide bonds. The SMILES string of the molecule is OC(CNc1ccc2ccccc2c1)Cn1cccn1. The highest BCUT2D eigenvalue weighted by atomic mass is 16.3. The summed E-state index contributed by atoms with van der Waals surface area (Å²) in [5.74, 6) is 0. The summed E-state index contributed by atoms with van der Waals surface area (Å²) in [6.07, 6.45) is 3.09. The van der Waals surface area contributed by atoms with Crippen molar-refractivity contribution in [1.82, 2.24) is 9.78 Å². The second kappa shape index (κ2) is 5.75. The molecule has 0 fully saturated rings. The molecule has 4 nitrogen and oxygen atoms in total. The van der Waals surface area contributed by atoms with Crippen molar-refractivity contribution in [3.8, 4) is 0 Å². The number of aliphatic hydroxyl groups excluding tert-OH is 1. The van der Waals surface area contributed by atoms with Gasteiger partial charge < -0.3 is 10.4 Å². The first kappa shape index (κ1) is 12.7. The van der Waals surface area contributed by atoms with Gasteiger partial charge in [0.2, 0.25) is 0 Å². The third-order valence-electron chi connectivity index (χ3n) is 3.25. The molecule has 4 heteroatoms. The fourth-order valence-electron chi connectivity index (χ4n) is 2.22. The molecule has 2 aromatic carbocycles. The molecule has 20 heavy (non-hydrogen) atoms. The number of nitrogens with one attached hydrogen (secondary N) is 1. The van der Waals surface area contributed by atoms with Crippen molar-refractivity contribution < 1.29 is 5.11 Å². The fourth-order valence-corrected chi connectivity index (χ4v) is 2.22. The maximum Gasteiger partial charge on any atom is 0.0907 e. The van der Waals surface area contributed by atoms with E-state index in [4.69, 9.17) is 0 Å². The van der Waals surface area contributed by atoms with Crippen molar-refractivity contribution in [2.45, 2.75) is 12.6 Å². The van der Waals surface area contributed by atoms with Gasteiger partial charge in [0.15, 0.2) is 0 Å². The van der Waals surface area contributed by atoms with Crippen LogP contribution in [0.25, 0.3) is 10.8 Å². The zero-order valence-electron chi connectivity index (χ0n) is 11.1. The third-order valence-corrected chi connectivity index (χ3v) is 3.25. The monoisotopic (exact) mass is 267 g/mol. The highest BCUT2D eigenvalue weighted by Gasteiger charge is 2.05. The molecule has 0 spiro atoms. The van der Waals surface area contributed by atoms with Crippen LogP contribution < -0.4 is 5.32 Å². The van der Waals surface area contributed by atoms with Gasteiger partial charge in [-0.3, -0.25) is 4.68 Å². The largest absolute Gasteiger partial charge is 0.389 e. The number of nitrogens with zero attached hydrogens (tertiary/aromatic N) is 2. The van der Waals surface area contributed by atoms with Crippen LogP contribution in [0.2, 0.25) is 0 Å². The Kier molecular flexibility index (Phi) is 3.65. The van der Waals surface area contributed by atoms with E-state index in [-0.39, 0.29) is 0 Å². The van der Waals surface area contributed by atoms with E-state index in [0.29, 0.717) is 13.1 Å². The van der Waals surface area contributed by atoms with Crippen LogP contribution in [-0.4, -0.2) is 27.5 Å². The lowest BCUT2D eigenvalue weighted by Crippen LogP contribution is -2.25. The smallest absolute Gasteiger partial charge is 0.0907 e. The summed E-state index contributed by atoms with van der Waals surface area (Å²) in [4.78, 5) is 0. The van der Waals surface area contributed by atoms with Gasteiger partial charge in [0.05, 0.1) is 12.6 Å². The molecule has 1 aromatic heterocycles. The first-order valence-corrected chi connectivity index (χ1v) is 6.69. The summed E-state index contributed by atoms with van der Waals surface area (Å²) >= 11 is 0. The Morgan fingerprint density at radius 1 is 1.10 bits per heavy atom. The Bertz CT molecular complexity index is 679. The quantitative estimate of drug-likeness (QED) is 0.747. The molecule has 2 N–H and O–H groups in total. The lowest BCUT2D eigenvalue weighted by molar-refractivity contribution is 0.161. The number of anilines is 1. The van der Waals surface area contributed by atoms with Crippen LogP contribution >= 0.6 is 0 Å². The predicted octanol–water partition coefficient (Wildman–Crippen LogP) is 2.51. The molecule has 0 aliphatic carbocycles. The van der Waals surface area contributed by atoms with E-state index in [0.717, 1.165) is 5.69 Å². The topological polar surface area (TPSA) is 50.1 Å². The van der Waals surface area contributed by atoms with Crippen LogP contribution in [0.4, 0.5) is 5.69 Å². The van der Waals surface area contributed by atoms with Gasteiger partial charge in [0, 0.05) is 24.6 Å². The van der Waals surface area contributed by atoms with Gasteiger partial charge in [-0.25, -0.2) is 0 Å². The maximum atomic E-state index is 9.97. The van der Waals surface area contributed by atoms with Crippen molar-refractivity contribution in [1.29, 1.82) is 0 Å². The van der Waals surface area contributed by atoms with Crippen LogP contribution in [0.15, 0.2) is 60.9 Å². The van der Waals surface area contributed by atoms with E-state index in [9.17, 15) is 5.11 Å². The molecule has 1 heterocycles. The van der Waals surface area contributed by atoms with Crippen LogP contribution in [0.5, 0.6) is 0 Å². The zero-order chi connectivity index (χ0) is 13.8. The van der Waals surface area contributed by atoms with Gasteiger partial charge >= 0.3 is 0 Å². The summed E-state index contributed by atoms with van der Waals surface area (Å²) in [6.45, 7) is 0.992. The average molecular weight is 267 g/mol. The molecule has 3 aromatic rings. The van der Waals surface area contributed by atoms with E-state index in [1.165, 1.54) is 10.8 Å². The van der Waals surface area contributed by atoms with E-state index < -0.39 is 6.10 Å². The van der Waals surface area contributed by atoms with Crippen LogP contribution in [-0.2, 0) is 6.54 Å². The van der Waals surface area contributed by atoms with Crippen molar-refractivity contribution in [3.05, 3.63) is 60.9 Å². The molecule has 102 valence electrons. The summed E-state index contributed by atoms with van der Waals surface area (Å²) < 4.78 is 1.73. The maximum absolute atomic E-state index is 9.97. The summed E-state index contributed by atoms with van der Waals surface area (Å²) in [6, 6.07) is 16.3. The lowest BCUT2D eigenvalue weighted by atomic mass is 10.1. The molecule has 0 saturated heterocycles. The molecular formula is C16H17N3O. The Labute approximate surface area is 117 Å². The number of rotatable bonds is 5. The molecule has 1 atom stereocenters.